The number of nitrogens with two attached hydrogens (primary N) is 1. The molecule has 0 aromatic heterocycles. The summed E-state index contributed by atoms with van der Waals surface area (Å²) in [7, 11) is 0. The number of benzene rings is 1. The molecule has 0 aliphatic rings. The number of Topliss-reactive ketones (excluding diaryl/α,β-unsaturated/α-hetero) is 1. The van der Waals surface area contributed by atoms with E-state index < -0.39 is 5.41 Å². The fraction of sp³-hybridized carbons (Fsp3) is 0.533. The van der Waals surface area contributed by atoms with E-state index in [2.05, 4.69) is 0 Å². The van der Waals surface area contributed by atoms with E-state index in [-0.39, 0.29) is 12.3 Å². The normalized spacial score (nSPS) is 9.35. The molecule has 2 N–H and O–H groups in total. The smallest absolute Gasteiger partial charge is 0.156 e. The molecule has 2 nitrogen and oxygen atoms in total. The van der Waals surface area contributed by atoms with Crippen LogP contribution in [0.1, 0.15) is 47.1 Å². The van der Waals surface area contributed by atoms with Crippen LogP contribution in [0.15, 0.2) is 30.3 Å². The highest BCUT2D eigenvalue weighted by atomic mass is 16.1. The van der Waals surface area contributed by atoms with Gasteiger partial charge < -0.3 is 5.73 Å². The van der Waals surface area contributed by atoms with Gasteiger partial charge in [-0.1, -0.05) is 58.0 Å². The third-order valence-corrected chi connectivity index (χ3v) is 2.38. The van der Waals surface area contributed by atoms with Crippen molar-refractivity contribution in [3.63, 3.8) is 0 Å². The zero-order chi connectivity index (χ0) is 13.9. The summed E-state index contributed by atoms with van der Waals surface area (Å²) in [6.45, 7) is 11.9. The Hall–Kier alpha value is -1.15. The van der Waals surface area contributed by atoms with Crippen LogP contribution < -0.4 is 5.73 Å². The predicted molar refractivity (Wildman–Crippen MR) is 76.2 cm³/mol. The lowest BCUT2D eigenvalue weighted by molar-refractivity contribution is -0.122. The molecule has 0 bridgehead atoms. The summed E-state index contributed by atoms with van der Waals surface area (Å²) in [5, 5.41) is 0. The maximum Gasteiger partial charge on any atom is 0.156 e. The Labute approximate surface area is 106 Å². The monoisotopic (exact) mass is 237 g/mol. The first-order chi connectivity index (χ1) is 8.09. The van der Waals surface area contributed by atoms with Crippen LogP contribution >= 0.6 is 0 Å². The van der Waals surface area contributed by atoms with Crippen molar-refractivity contribution in [1.82, 2.24) is 0 Å². The van der Waals surface area contributed by atoms with Crippen LogP contribution in [0.2, 0.25) is 0 Å². The van der Waals surface area contributed by atoms with Gasteiger partial charge in [0.25, 0.3) is 0 Å². The number of hydrogen-bond donors (Lipinski definition) is 1. The quantitative estimate of drug-likeness (QED) is 0.873. The van der Waals surface area contributed by atoms with E-state index in [0.717, 1.165) is 5.56 Å². The van der Waals surface area contributed by atoms with Crippen LogP contribution in [0.25, 0.3) is 0 Å². The lowest BCUT2D eigenvalue weighted by Crippen LogP contribution is -2.34. The van der Waals surface area contributed by atoms with Gasteiger partial charge >= 0.3 is 0 Å². The van der Waals surface area contributed by atoms with Crippen molar-refractivity contribution in [2.24, 2.45) is 5.73 Å². The van der Waals surface area contributed by atoms with Crippen molar-refractivity contribution < 1.29 is 4.79 Å². The fourth-order valence-electron chi connectivity index (χ4n) is 1.27. The largest absolute Gasteiger partial charge is 0.324 e. The molecule has 0 fully saturated rings. The van der Waals surface area contributed by atoms with Crippen molar-refractivity contribution in [3.8, 4) is 0 Å². The minimum Gasteiger partial charge on any atom is -0.324 e. The third kappa shape index (κ3) is 5.64. The molecule has 1 rings (SSSR count). The number of hydrogen-bond acceptors (Lipinski definition) is 2. The summed E-state index contributed by atoms with van der Waals surface area (Å²) < 4.78 is 0. The van der Waals surface area contributed by atoms with E-state index >= 15 is 0 Å². The minimum absolute atomic E-state index is 0.0682. The zero-order valence-corrected chi connectivity index (χ0v) is 12.1. The highest BCUT2D eigenvalue weighted by Gasteiger charge is 2.27. The van der Waals surface area contributed by atoms with Gasteiger partial charge in [0.15, 0.2) is 5.78 Å². The summed E-state index contributed by atoms with van der Waals surface area (Å²) in [6, 6.07) is 9.70. The van der Waals surface area contributed by atoms with Gasteiger partial charge in [-0.2, -0.15) is 0 Å². The molecule has 0 atom stereocenters. The van der Waals surface area contributed by atoms with Gasteiger partial charge in [0.2, 0.25) is 0 Å². The molecule has 0 unspecified atom stereocenters. The lowest BCUT2D eigenvalue weighted by Gasteiger charge is -2.22. The second kappa shape index (κ2) is 10.0. The molecule has 0 radical (unpaired) electrons. The molecule has 0 heterocycles. The second-order valence-electron chi connectivity index (χ2n) is 3.62. The standard InChI is InChI=1S/C11H15NO.2C2H6/c1-11(2,10(13)8-12)9-6-4-3-5-7-9;2*1-2/h3-7H,8,12H2,1-2H3;2*1-2H3. The van der Waals surface area contributed by atoms with Crippen LogP contribution in [0, 0.1) is 0 Å². The van der Waals surface area contributed by atoms with E-state index in [4.69, 9.17) is 5.73 Å². The highest BCUT2D eigenvalue weighted by molar-refractivity contribution is 5.90. The molecule has 1 aromatic carbocycles. The van der Waals surface area contributed by atoms with Gasteiger partial charge in [-0.25, -0.2) is 0 Å². The Morgan fingerprint density at radius 2 is 1.47 bits per heavy atom. The van der Waals surface area contributed by atoms with Crippen LogP contribution in [-0.4, -0.2) is 12.3 Å². The molecule has 2 heteroatoms. The molecule has 17 heavy (non-hydrogen) atoms. The molecule has 0 saturated carbocycles. The lowest BCUT2D eigenvalue weighted by atomic mass is 9.81. The Bertz CT molecular complexity index is 291. The van der Waals surface area contributed by atoms with Crippen LogP contribution in [0.4, 0.5) is 0 Å². The molecule has 0 aliphatic carbocycles. The maximum absolute atomic E-state index is 11.5. The second-order valence-corrected chi connectivity index (χ2v) is 3.62. The molecular formula is C15H27NO. The van der Waals surface area contributed by atoms with Gasteiger partial charge in [-0.3, -0.25) is 4.79 Å². The number of ketones is 1. The Kier molecular flexibility index (Phi) is 10.8. The van der Waals surface area contributed by atoms with Gasteiger partial charge in [0.05, 0.1) is 6.54 Å². The third-order valence-electron chi connectivity index (χ3n) is 2.38. The van der Waals surface area contributed by atoms with Crippen molar-refractivity contribution in [2.45, 2.75) is 47.0 Å². The summed E-state index contributed by atoms with van der Waals surface area (Å²) in [6.07, 6.45) is 0. The van der Waals surface area contributed by atoms with Crippen molar-refractivity contribution in [2.75, 3.05) is 6.54 Å². The van der Waals surface area contributed by atoms with Crippen LogP contribution in [0.5, 0.6) is 0 Å². The molecule has 0 spiro atoms. The first-order valence-electron chi connectivity index (χ1n) is 6.38. The SMILES string of the molecule is CC.CC.CC(C)(C(=O)CN)c1ccccc1. The first kappa shape index (κ1) is 18.2. The van der Waals surface area contributed by atoms with Gasteiger partial charge in [0.1, 0.15) is 0 Å². The zero-order valence-electron chi connectivity index (χ0n) is 12.1. The Morgan fingerprint density at radius 1 is 1.06 bits per heavy atom. The van der Waals surface area contributed by atoms with Gasteiger partial charge in [-0.15, -0.1) is 0 Å². The van der Waals surface area contributed by atoms with Crippen molar-refractivity contribution >= 4 is 5.78 Å². The average Bonchev–Trinajstić information content (AvgIpc) is 2.43. The molecular weight excluding hydrogens is 210 g/mol. The molecule has 0 amide bonds. The summed E-state index contributed by atoms with van der Waals surface area (Å²) >= 11 is 0. The highest BCUT2D eigenvalue weighted by Crippen LogP contribution is 2.23. The van der Waals surface area contributed by atoms with Crippen LogP contribution in [0.3, 0.4) is 0 Å². The van der Waals surface area contributed by atoms with E-state index in [9.17, 15) is 4.79 Å². The minimum atomic E-state index is -0.462. The van der Waals surface area contributed by atoms with Crippen molar-refractivity contribution in [1.29, 1.82) is 0 Å². The maximum atomic E-state index is 11.5. The predicted octanol–water partition coefficient (Wildman–Crippen LogP) is 3.54. The topological polar surface area (TPSA) is 43.1 Å². The number of carbonyl (C=O) groups excluding carboxylic acids is 1. The molecule has 0 aliphatic heterocycles. The van der Waals surface area contributed by atoms with E-state index in [1.807, 2.05) is 71.9 Å². The van der Waals surface area contributed by atoms with Gasteiger partial charge in [0, 0.05) is 5.41 Å². The Balaban J connectivity index is 0. The fourth-order valence-corrected chi connectivity index (χ4v) is 1.27. The molecule has 98 valence electrons. The van der Waals surface area contributed by atoms with Gasteiger partial charge in [-0.05, 0) is 19.4 Å². The summed E-state index contributed by atoms with van der Waals surface area (Å²) in [4.78, 5) is 11.5. The van der Waals surface area contributed by atoms with Crippen molar-refractivity contribution in [3.05, 3.63) is 35.9 Å². The number of rotatable bonds is 3. The Morgan fingerprint density at radius 3 is 1.82 bits per heavy atom. The van der Waals surface area contributed by atoms with E-state index in [0.29, 0.717) is 0 Å². The molecule has 0 saturated heterocycles. The van der Waals surface area contributed by atoms with Crippen LogP contribution in [-0.2, 0) is 10.2 Å². The molecule has 1 aromatic rings. The summed E-state index contributed by atoms with van der Waals surface area (Å²) in [5.74, 6) is 0.0682. The van der Waals surface area contributed by atoms with E-state index in [1.165, 1.54) is 0 Å². The summed E-state index contributed by atoms with van der Waals surface area (Å²) in [5.41, 5.74) is 5.90. The first-order valence-corrected chi connectivity index (χ1v) is 6.38. The average molecular weight is 237 g/mol. The van der Waals surface area contributed by atoms with E-state index in [1.54, 1.807) is 0 Å². The number of carbonyl (C=O) groups is 1.